The zero-order chi connectivity index (χ0) is 21.0. The van der Waals surface area contributed by atoms with Crippen molar-refractivity contribution in [2.24, 2.45) is 0 Å². The van der Waals surface area contributed by atoms with E-state index in [2.05, 4.69) is 10.2 Å². The molecule has 0 spiro atoms. The summed E-state index contributed by atoms with van der Waals surface area (Å²) in [6.07, 6.45) is 7.01. The summed E-state index contributed by atoms with van der Waals surface area (Å²) in [6, 6.07) is 7.79. The lowest BCUT2D eigenvalue weighted by Gasteiger charge is -2.48. The van der Waals surface area contributed by atoms with Crippen molar-refractivity contribution in [3.8, 4) is 0 Å². The maximum atomic E-state index is 13.1. The van der Waals surface area contributed by atoms with Crippen LogP contribution in [0.15, 0.2) is 35.2 Å². The second kappa shape index (κ2) is 9.34. The molecule has 1 unspecified atom stereocenters. The summed E-state index contributed by atoms with van der Waals surface area (Å²) in [4.78, 5) is 15.9. The van der Waals surface area contributed by atoms with Gasteiger partial charge >= 0.3 is 0 Å². The van der Waals surface area contributed by atoms with E-state index in [4.69, 9.17) is 4.74 Å². The minimum atomic E-state index is -3.67. The Hall–Kier alpha value is -1.48. The van der Waals surface area contributed by atoms with Crippen LogP contribution in [0.2, 0.25) is 0 Å². The molecule has 3 aliphatic rings. The van der Waals surface area contributed by atoms with Gasteiger partial charge in [0.05, 0.1) is 18.1 Å². The molecule has 4 rings (SSSR count). The number of carbonyl (C=O) groups is 1. The molecule has 1 amide bonds. The van der Waals surface area contributed by atoms with Crippen molar-refractivity contribution in [3.05, 3.63) is 30.3 Å². The smallest absolute Gasteiger partial charge is 0.243 e. The van der Waals surface area contributed by atoms with Crippen LogP contribution in [0.3, 0.4) is 0 Å². The number of rotatable bonds is 6. The second-order valence-corrected chi connectivity index (χ2v) is 10.6. The van der Waals surface area contributed by atoms with Gasteiger partial charge in [0.2, 0.25) is 15.9 Å². The van der Waals surface area contributed by atoms with Gasteiger partial charge in [0.1, 0.15) is 6.04 Å². The van der Waals surface area contributed by atoms with Gasteiger partial charge in [-0.15, -0.1) is 0 Å². The van der Waals surface area contributed by atoms with Crippen LogP contribution in [0.5, 0.6) is 0 Å². The molecule has 2 aliphatic heterocycles. The Kier molecular flexibility index (Phi) is 6.77. The van der Waals surface area contributed by atoms with E-state index in [1.54, 1.807) is 30.3 Å². The normalized spacial score (nSPS) is 25.8. The topological polar surface area (TPSA) is 79.0 Å². The number of ether oxygens (including phenoxy) is 1. The molecule has 1 saturated carbocycles. The third-order valence-electron chi connectivity index (χ3n) is 6.91. The summed E-state index contributed by atoms with van der Waals surface area (Å²) in [5.41, 5.74) is -0.0283. The molecule has 8 heteroatoms. The summed E-state index contributed by atoms with van der Waals surface area (Å²) in [7, 11) is -3.67. The number of hydrogen-bond donors (Lipinski definition) is 1. The predicted octanol–water partition coefficient (Wildman–Crippen LogP) is 1.99. The van der Waals surface area contributed by atoms with E-state index >= 15 is 0 Å². The van der Waals surface area contributed by atoms with E-state index in [1.807, 2.05) is 0 Å². The lowest BCUT2D eigenvalue weighted by Crippen LogP contribution is -2.60. The van der Waals surface area contributed by atoms with Crippen molar-refractivity contribution in [2.45, 2.75) is 61.4 Å². The fraction of sp³-hybridized carbons (Fsp3) is 0.682. The zero-order valence-electron chi connectivity index (χ0n) is 17.6. The highest BCUT2D eigenvalue weighted by atomic mass is 32.2. The van der Waals surface area contributed by atoms with Gasteiger partial charge < -0.3 is 10.1 Å². The molecule has 0 radical (unpaired) electrons. The average molecular weight is 436 g/mol. The van der Waals surface area contributed by atoms with Gasteiger partial charge in [0, 0.05) is 31.7 Å². The molecule has 1 N–H and O–H groups in total. The first-order valence-corrected chi connectivity index (χ1v) is 12.6. The SMILES string of the molecule is O=C(NCC1(N2CCOCC2)CCCCC1)C1CCCN1S(=O)(=O)c1ccccc1. The minimum absolute atomic E-state index is 0.0283. The monoisotopic (exact) mass is 435 g/mol. The van der Waals surface area contributed by atoms with Crippen LogP contribution in [0, 0.1) is 0 Å². The molecule has 2 heterocycles. The quantitative estimate of drug-likeness (QED) is 0.739. The van der Waals surface area contributed by atoms with E-state index in [9.17, 15) is 13.2 Å². The number of hydrogen-bond acceptors (Lipinski definition) is 5. The molecule has 166 valence electrons. The maximum Gasteiger partial charge on any atom is 0.243 e. The Labute approximate surface area is 179 Å². The fourth-order valence-electron chi connectivity index (χ4n) is 5.24. The highest BCUT2D eigenvalue weighted by molar-refractivity contribution is 7.89. The Morgan fingerprint density at radius 1 is 1.03 bits per heavy atom. The predicted molar refractivity (Wildman–Crippen MR) is 115 cm³/mol. The van der Waals surface area contributed by atoms with Gasteiger partial charge in [-0.2, -0.15) is 4.31 Å². The van der Waals surface area contributed by atoms with Crippen LogP contribution in [0.4, 0.5) is 0 Å². The summed E-state index contributed by atoms with van der Waals surface area (Å²) in [6.45, 7) is 4.25. The Balaban J connectivity index is 1.45. The lowest BCUT2D eigenvalue weighted by atomic mass is 9.79. The summed E-state index contributed by atoms with van der Waals surface area (Å²) in [5, 5.41) is 3.16. The zero-order valence-corrected chi connectivity index (χ0v) is 18.4. The molecule has 3 fully saturated rings. The highest BCUT2D eigenvalue weighted by Gasteiger charge is 2.42. The van der Waals surface area contributed by atoms with Crippen LogP contribution < -0.4 is 5.32 Å². The first kappa shape index (κ1) is 21.7. The standard InChI is InChI=1S/C22H33N3O4S/c26-21(20-10-7-13-25(20)30(27,28)19-8-3-1-4-9-19)23-18-22(11-5-2-6-12-22)24-14-16-29-17-15-24/h1,3-4,8-9,20H,2,5-7,10-18H2,(H,23,26). The first-order valence-electron chi connectivity index (χ1n) is 11.2. The summed E-state index contributed by atoms with van der Waals surface area (Å²) >= 11 is 0. The number of carbonyl (C=O) groups excluding carboxylic acids is 1. The lowest BCUT2D eigenvalue weighted by molar-refractivity contribution is -0.125. The van der Waals surface area contributed by atoms with Gasteiger partial charge in [0.25, 0.3) is 0 Å². The molecule has 2 saturated heterocycles. The molecule has 30 heavy (non-hydrogen) atoms. The van der Waals surface area contributed by atoms with E-state index < -0.39 is 16.1 Å². The maximum absolute atomic E-state index is 13.1. The molecular weight excluding hydrogens is 402 g/mol. The second-order valence-electron chi connectivity index (χ2n) is 8.69. The Morgan fingerprint density at radius 2 is 1.73 bits per heavy atom. The van der Waals surface area contributed by atoms with Crippen molar-refractivity contribution in [3.63, 3.8) is 0 Å². The largest absolute Gasteiger partial charge is 0.379 e. The first-order chi connectivity index (χ1) is 14.5. The van der Waals surface area contributed by atoms with Gasteiger partial charge in [-0.3, -0.25) is 9.69 Å². The number of benzene rings is 1. The number of nitrogens with one attached hydrogen (secondary N) is 1. The van der Waals surface area contributed by atoms with Gasteiger partial charge in [-0.25, -0.2) is 8.42 Å². The number of amides is 1. The van der Waals surface area contributed by atoms with Crippen molar-refractivity contribution in [2.75, 3.05) is 39.4 Å². The van der Waals surface area contributed by atoms with E-state index in [0.717, 1.165) is 39.1 Å². The molecule has 7 nitrogen and oxygen atoms in total. The van der Waals surface area contributed by atoms with Crippen LogP contribution in [0.25, 0.3) is 0 Å². The van der Waals surface area contributed by atoms with Crippen molar-refractivity contribution < 1.29 is 17.9 Å². The van der Waals surface area contributed by atoms with Gasteiger partial charge in [-0.1, -0.05) is 37.5 Å². The molecular formula is C22H33N3O4S. The molecule has 1 aromatic rings. The van der Waals surface area contributed by atoms with Crippen molar-refractivity contribution >= 4 is 15.9 Å². The van der Waals surface area contributed by atoms with Crippen LogP contribution >= 0.6 is 0 Å². The van der Waals surface area contributed by atoms with Crippen molar-refractivity contribution in [1.82, 2.24) is 14.5 Å². The van der Waals surface area contributed by atoms with E-state index in [-0.39, 0.29) is 16.3 Å². The Morgan fingerprint density at radius 3 is 2.43 bits per heavy atom. The molecule has 1 atom stereocenters. The van der Waals surface area contributed by atoms with Crippen LogP contribution in [-0.2, 0) is 19.6 Å². The summed E-state index contributed by atoms with van der Waals surface area (Å²) < 4.78 is 33.1. The van der Waals surface area contributed by atoms with Crippen LogP contribution in [0.1, 0.15) is 44.9 Å². The van der Waals surface area contributed by atoms with E-state index in [1.165, 1.54) is 23.6 Å². The average Bonchev–Trinajstić information content (AvgIpc) is 3.30. The van der Waals surface area contributed by atoms with Crippen LogP contribution in [-0.4, -0.2) is 74.5 Å². The molecule has 0 bridgehead atoms. The fourth-order valence-corrected chi connectivity index (χ4v) is 6.92. The van der Waals surface area contributed by atoms with E-state index in [0.29, 0.717) is 25.9 Å². The molecule has 0 aromatic heterocycles. The third-order valence-corrected chi connectivity index (χ3v) is 8.84. The van der Waals surface area contributed by atoms with Gasteiger partial charge in [0.15, 0.2) is 0 Å². The molecule has 1 aliphatic carbocycles. The van der Waals surface area contributed by atoms with Crippen molar-refractivity contribution in [1.29, 1.82) is 0 Å². The third kappa shape index (κ3) is 4.42. The highest BCUT2D eigenvalue weighted by Crippen LogP contribution is 2.34. The van der Waals surface area contributed by atoms with Gasteiger partial charge in [-0.05, 0) is 37.8 Å². The number of sulfonamides is 1. The summed E-state index contributed by atoms with van der Waals surface area (Å²) in [5.74, 6) is -0.162. The Bertz CT molecular complexity index is 818. The molecule has 1 aromatic carbocycles. The number of nitrogens with zero attached hydrogens (tertiary/aromatic N) is 2. The number of morpholine rings is 1. The minimum Gasteiger partial charge on any atom is -0.379 e.